The number of ether oxygens (including phenoxy) is 1. The molecule has 0 aromatic heterocycles. The highest BCUT2D eigenvalue weighted by Gasteiger charge is 2.23. The van der Waals surface area contributed by atoms with Crippen LogP contribution in [0.4, 0.5) is 0 Å². The molecule has 0 aliphatic carbocycles. The summed E-state index contributed by atoms with van der Waals surface area (Å²) in [5.74, 6) is -0.515. The summed E-state index contributed by atoms with van der Waals surface area (Å²) < 4.78 is 26.6. The zero-order valence-electron chi connectivity index (χ0n) is 27.0. The number of rotatable bonds is 32. The van der Waals surface area contributed by atoms with Gasteiger partial charge in [-0.05, 0) is 12.8 Å². The van der Waals surface area contributed by atoms with E-state index in [9.17, 15) is 24.2 Å². The normalized spacial score (nSPS) is 13.5. The molecule has 0 bridgehead atoms. The number of esters is 1. The lowest BCUT2D eigenvalue weighted by molar-refractivity contribution is -0.147. The Morgan fingerprint density at radius 3 is 1.55 bits per heavy atom. The van der Waals surface area contributed by atoms with Gasteiger partial charge < -0.3 is 20.1 Å². The largest absolute Gasteiger partial charge is 0.472 e. The lowest BCUT2D eigenvalue weighted by atomic mass is 10.0. The number of aliphatic hydroxyl groups excluding tert-OH is 1. The van der Waals surface area contributed by atoms with Crippen LogP contribution in [0.3, 0.4) is 0 Å². The number of aliphatic hydroxyl groups is 1. The highest BCUT2D eigenvalue weighted by atomic mass is 31.2. The predicted molar refractivity (Wildman–Crippen MR) is 169 cm³/mol. The Hall–Kier alpha value is -0.990. The molecule has 2 atom stereocenters. The molecule has 0 aliphatic rings. The van der Waals surface area contributed by atoms with Crippen LogP contribution >= 0.6 is 7.82 Å². The second-order valence-electron chi connectivity index (χ2n) is 11.5. The Morgan fingerprint density at radius 2 is 1.07 bits per heavy atom. The summed E-state index contributed by atoms with van der Waals surface area (Å²) in [6, 6.07) is 0. The van der Waals surface area contributed by atoms with E-state index in [0.29, 0.717) is 6.42 Å². The van der Waals surface area contributed by atoms with Gasteiger partial charge in [0.05, 0.1) is 13.2 Å². The standard InChI is InChI=1S/C32H64NO8P/c1-3-5-7-9-11-13-14-15-17-19-21-23-25-32(36)39-28-30(34)29-41-42(37,38)40-27-26-33-31(35)24-22-20-18-16-12-10-8-6-4-2/h30,34H,3-29H2,1-2H3,(H,33,35)(H,37,38). The fourth-order valence-electron chi connectivity index (χ4n) is 4.67. The lowest BCUT2D eigenvalue weighted by Crippen LogP contribution is -2.27. The molecule has 0 spiro atoms. The first kappa shape index (κ1) is 41.0. The zero-order chi connectivity index (χ0) is 31.2. The number of hydrogen-bond donors (Lipinski definition) is 3. The van der Waals surface area contributed by atoms with Crippen molar-refractivity contribution < 1.29 is 37.9 Å². The van der Waals surface area contributed by atoms with Crippen LogP contribution in [0, 0.1) is 0 Å². The number of carbonyl (C=O) groups excluding carboxylic acids is 2. The van der Waals surface area contributed by atoms with Gasteiger partial charge in [-0.3, -0.25) is 18.6 Å². The third kappa shape index (κ3) is 30.5. The van der Waals surface area contributed by atoms with Gasteiger partial charge in [0.2, 0.25) is 5.91 Å². The second kappa shape index (κ2) is 30.1. The zero-order valence-corrected chi connectivity index (χ0v) is 27.9. The van der Waals surface area contributed by atoms with Crippen molar-refractivity contribution in [2.45, 2.75) is 168 Å². The van der Waals surface area contributed by atoms with E-state index in [1.807, 2.05) is 0 Å². The first-order valence-electron chi connectivity index (χ1n) is 17.0. The van der Waals surface area contributed by atoms with E-state index in [0.717, 1.165) is 38.5 Å². The molecule has 0 saturated heterocycles. The van der Waals surface area contributed by atoms with Crippen molar-refractivity contribution in [1.82, 2.24) is 5.32 Å². The summed E-state index contributed by atoms with van der Waals surface area (Å²) in [6.45, 7) is 3.52. The van der Waals surface area contributed by atoms with Gasteiger partial charge in [-0.2, -0.15) is 0 Å². The third-order valence-corrected chi connectivity index (χ3v) is 8.27. The van der Waals surface area contributed by atoms with Crippen LogP contribution in [0.2, 0.25) is 0 Å². The molecule has 9 nitrogen and oxygen atoms in total. The number of phosphoric acid groups is 1. The summed E-state index contributed by atoms with van der Waals surface area (Å²) in [5, 5.41) is 12.6. The topological polar surface area (TPSA) is 131 Å². The summed E-state index contributed by atoms with van der Waals surface area (Å²) >= 11 is 0. The van der Waals surface area contributed by atoms with Gasteiger partial charge in [-0.25, -0.2) is 4.57 Å². The van der Waals surface area contributed by atoms with E-state index >= 15 is 0 Å². The van der Waals surface area contributed by atoms with Crippen molar-refractivity contribution >= 4 is 19.7 Å². The molecule has 0 saturated carbocycles. The number of hydrogen-bond acceptors (Lipinski definition) is 7. The average molecular weight is 622 g/mol. The first-order chi connectivity index (χ1) is 20.3. The minimum atomic E-state index is -4.39. The summed E-state index contributed by atoms with van der Waals surface area (Å²) in [4.78, 5) is 33.5. The third-order valence-electron chi connectivity index (χ3n) is 7.29. The van der Waals surface area contributed by atoms with Crippen molar-refractivity contribution in [2.75, 3.05) is 26.4 Å². The Labute approximate surface area is 256 Å². The van der Waals surface area contributed by atoms with E-state index in [4.69, 9.17) is 13.8 Å². The Morgan fingerprint density at radius 1 is 0.643 bits per heavy atom. The van der Waals surface area contributed by atoms with E-state index < -0.39 is 26.5 Å². The van der Waals surface area contributed by atoms with Crippen molar-refractivity contribution in [2.24, 2.45) is 0 Å². The molecule has 3 N–H and O–H groups in total. The molecule has 0 radical (unpaired) electrons. The Balaban J connectivity index is 3.63. The Bertz CT molecular complexity index is 679. The van der Waals surface area contributed by atoms with Crippen LogP contribution in [0.15, 0.2) is 0 Å². The quantitative estimate of drug-likeness (QED) is 0.0390. The average Bonchev–Trinajstić information content (AvgIpc) is 2.97. The molecular weight excluding hydrogens is 557 g/mol. The molecular formula is C32H64NO8P. The molecule has 1 amide bonds. The molecule has 10 heteroatoms. The second-order valence-corrected chi connectivity index (χ2v) is 13.0. The van der Waals surface area contributed by atoms with E-state index in [1.54, 1.807) is 0 Å². The molecule has 0 aromatic rings. The molecule has 250 valence electrons. The summed E-state index contributed by atoms with van der Waals surface area (Å²) in [5.41, 5.74) is 0. The van der Waals surface area contributed by atoms with Gasteiger partial charge in [0.25, 0.3) is 0 Å². The van der Waals surface area contributed by atoms with Crippen molar-refractivity contribution in [3.05, 3.63) is 0 Å². The number of unbranched alkanes of at least 4 members (excludes halogenated alkanes) is 19. The summed E-state index contributed by atoms with van der Waals surface area (Å²) in [7, 11) is -4.39. The number of amides is 1. The number of carbonyl (C=O) groups is 2. The highest BCUT2D eigenvalue weighted by Crippen LogP contribution is 2.42. The minimum Gasteiger partial charge on any atom is -0.463 e. The van der Waals surface area contributed by atoms with Crippen LogP contribution in [-0.2, 0) is 27.9 Å². The monoisotopic (exact) mass is 621 g/mol. The highest BCUT2D eigenvalue weighted by molar-refractivity contribution is 7.47. The first-order valence-corrected chi connectivity index (χ1v) is 18.5. The number of nitrogens with one attached hydrogen (secondary N) is 1. The van der Waals surface area contributed by atoms with Crippen LogP contribution in [0.1, 0.15) is 162 Å². The van der Waals surface area contributed by atoms with E-state index in [2.05, 4.69) is 19.2 Å². The smallest absolute Gasteiger partial charge is 0.463 e. The van der Waals surface area contributed by atoms with Gasteiger partial charge in [-0.1, -0.05) is 136 Å². The van der Waals surface area contributed by atoms with Crippen LogP contribution in [0.5, 0.6) is 0 Å². The van der Waals surface area contributed by atoms with Gasteiger partial charge in [0.15, 0.2) is 0 Å². The SMILES string of the molecule is CCCCCCCCCCCCCCC(=O)OCC(O)COP(=O)(O)OCCNC(=O)CCCCCCCCCCC. The van der Waals surface area contributed by atoms with E-state index in [1.165, 1.54) is 96.3 Å². The van der Waals surface area contributed by atoms with Gasteiger partial charge in [0.1, 0.15) is 12.7 Å². The van der Waals surface area contributed by atoms with Crippen LogP contribution in [0.25, 0.3) is 0 Å². The van der Waals surface area contributed by atoms with Crippen molar-refractivity contribution in [3.63, 3.8) is 0 Å². The predicted octanol–water partition coefficient (Wildman–Crippen LogP) is 8.15. The molecule has 0 heterocycles. The van der Waals surface area contributed by atoms with Crippen LogP contribution < -0.4 is 5.32 Å². The minimum absolute atomic E-state index is 0.0868. The maximum absolute atomic E-state index is 12.0. The molecule has 0 aromatic carbocycles. The van der Waals surface area contributed by atoms with E-state index in [-0.39, 0.29) is 32.1 Å². The maximum Gasteiger partial charge on any atom is 0.472 e. The number of phosphoric ester groups is 1. The van der Waals surface area contributed by atoms with Gasteiger partial charge in [-0.15, -0.1) is 0 Å². The lowest BCUT2D eigenvalue weighted by Gasteiger charge is -2.15. The molecule has 0 aliphatic heterocycles. The molecule has 0 rings (SSSR count). The van der Waals surface area contributed by atoms with Crippen molar-refractivity contribution in [3.8, 4) is 0 Å². The molecule has 2 unspecified atom stereocenters. The van der Waals surface area contributed by atoms with Gasteiger partial charge in [0, 0.05) is 19.4 Å². The fraction of sp³-hybridized carbons (Fsp3) is 0.938. The molecule has 42 heavy (non-hydrogen) atoms. The van der Waals surface area contributed by atoms with Gasteiger partial charge >= 0.3 is 13.8 Å². The Kier molecular flexibility index (Phi) is 29.3. The van der Waals surface area contributed by atoms with Crippen molar-refractivity contribution in [1.29, 1.82) is 0 Å². The molecule has 0 fully saturated rings. The maximum atomic E-state index is 12.0. The fourth-order valence-corrected chi connectivity index (χ4v) is 5.43. The van der Waals surface area contributed by atoms with Crippen LogP contribution in [-0.4, -0.2) is 54.3 Å². The summed E-state index contributed by atoms with van der Waals surface area (Å²) in [6.07, 6.45) is 24.6.